The van der Waals surface area contributed by atoms with Crippen LogP contribution in [0.4, 0.5) is 0 Å². The maximum absolute atomic E-state index is 11.2. The van der Waals surface area contributed by atoms with Gasteiger partial charge in [-0.2, -0.15) is 0 Å². The van der Waals surface area contributed by atoms with Gasteiger partial charge >= 0.3 is 5.97 Å². The smallest absolute Gasteiger partial charge is 0.333 e. The van der Waals surface area contributed by atoms with E-state index in [9.17, 15) is 4.79 Å². The molecule has 0 aromatic heterocycles. The van der Waals surface area contributed by atoms with E-state index in [1.807, 2.05) is 13.0 Å². The molecule has 0 saturated heterocycles. The molecule has 0 aliphatic heterocycles. The van der Waals surface area contributed by atoms with Crippen molar-refractivity contribution >= 4 is 5.97 Å². The second-order valence-corrected chi connectivity index (χ2v) is 3.38. The number of ether oxygens (including phenoxy) is 1. The largest absolute Gasteiger partial charge is 0.463 e. The molecule has 0 fully saturated rings. The molecule has 3 heteroatoms. The van der Waals surface area contributed by atoms with Crippen molar-refractivity contribution in [2.45, 2.75) is 33.6 Å². The predicted octanol–water partition coefficient (Wildman–Crippen LogP) is 2.21. The third kappa shape index (κ3) is 6.91. The number of hydrogen-bond acceptors (Lipinski definition) is 3. The standard InChI is InChI=1S/C12H20O3/c1-4-15-12(14)11(3)7-5-6-10(2)8-9-13/h7-8,13H,4-6,9H2,1-3H3/b10-8+,11-7+. The van der Waals surface area contributed by atoms with Crippen molar-refractivity contribution in [2.24, 2.45) is 0 Å². The molecule has 0 heterocycles. The highest BCUT2D eigenvalue weighted by Gasteiger charge is 2.02. The molecule has 0 bridgehead atoms. The van der Waals surface area contributed by atoms with Crippen LogP contribution in [-0.4, -0.2) is 24.3 Å². The van der Waals surface area contributed by atoms with Gasteiger partial charge in [0.25, 0.3) is 0 Å². The van der Waals surface area contributed by atoms with Crippen LogP contribution >= 0.6 is 0 Å². The molecule has 15 heavy (non-hydrogen) atoms. The minimum atomic E-state index is -0.249. The lowest BCUT2D eigenvalue weighted by Gasteiger charge is -2.01. The van der Waals surface area contributed by atoms with Gasteiger partial charge in [-0.3, -0.25) is 0 Å². The molecule has 86 valence electrons. The zero-order chi connectivity index (χ0) is 11.7. The van der Waals surface area contributed by atoms with Crippen molar-refractivity contribution < 1.29 is 14.6 Å². The Morgan fingerprint density at radius 1 is 1.33 bits per heavy atom. The Labute approximate surface area is 91.4 Å². The molecule has 0 aromatic rings. The van der Waals surface area contributed by atoms with Gasteiger partial charge in [0.1, 0.15) is 0 Å². The molecule has 0 rings (SSSR count). The topological polar surface area (TPSA) is 46.5 Å². The van der Waals surface area contributed by atoms with Gasteiger partial charge in [-0.25, -0.2) is 4.79 Å². The fourth-order valence-electron chi connectivity index (χ4n) is 1.10. The van der Waals surface area contributed by atoms with Crippen LogP contribution in [0.3, 0.4) is 0 Å². The minimum absolute atomic E-state index is 0.0758. The van der Waals surface area contributed by atoms with Crippen LogP contribution in [0.15, 0.2) is 23.3 Å². The summed E-state index contributed by atoms with van der Waals surface area (Å²) in [5, 5.41) is 8.64. The molecule has 0 radical (unpaired) electrons. The molecule has 0 amide bonds. The molecular weight excluding hydrogens is 192 g/mol. The number of carbonyl (C=O) groups excluding carboxylic acids is 1. The number of aliphatic hydroxyl groups is 1. The summed E-state index contributed by atoms with van der Waals surface area (Å²) in [4.78, 5) is 11.2. The average molecular weight is 212 g/mol. The Balaban J connectivity index is 3.95. The number of rotatable bonds is 6. The van der Waals surface area contributed by atoms with Gasteiger partial charge in [0.15, 0.2) is 0 Å². The van der Waals surface area contributed by atoms with Crippen LogP contribution in [0.25, 0.3) is 0 Å². The summed E-state index contributed by atoms with van der Waals surface area (Å²) < 4.78 is 4.85. The van der Waals surface area contributed by atoms with Crippen molar-refractivity contribution in [3.05, 3.63) is 23.3 Å². The summed E-state index contributed by atoms with van der Waals surface area (Å²) in [6, 6.07) is 0. The number of hydrogen-bond donors (Lipinski definition) is 1. The van der Waals surface area contributed by atoms with Gasteiger partial charge in [-0.15, -0.1) is 0 Å². The van der Waals surface area contributed by atoms with Gasteiger partial charge in [0.05, 0.1) is 13.2 Å². The Bertz CT molecular complexity index is 252. The number of carbonyl (C=O) groups is 1. The zero-order valence-electron chi connectivity index (χ0n) is 9.75. The first-order chi connectivity index (χ1) is 7.11. The highest BCUT2D eigenvalue weighted by atomic mass is 16.5. The number of allylic oxidation sites excluding steroid dienone is 2. The summed E-state index contributed by atoms with van der Waals surface area (Å²) >= 11 is 0. The molecule has 0 unspecified atom stereocenters. The lowest BCUT2D eigenvalue weighted by molar-refractivity contribution is -0.138. The summed E-state index contributed by atoms with van der Waals surface area (Å²) in [6.45, 7) is 5.99. The van der Waals surface area contributed by atoms with Crippen LogP contribution in [0.5, 0.6) is 0 Å². The third-order valence-electron chi connectivity index (χ3n) is 2.03. The summed E-state index contributed by atoms with van der Waals surface area (Å²) in [5.41, 5.74) is 1.78. The molecule has 3 nitrogen and oxygen atoms in total. The van der Waals surface area contributed by atoms with Crippen LogP contribution in [0, 0.1) is 0 Å². The van der Waals surface area contributed by atoms with E-state index in [4.69, 9.17) is 9.84 Å². The fraction of sp³-hybridized carbons (Fsp3) is 0.583. The maximum Gasteiger partial charge on any atom is 0.333 e. The maximum atomic E-state index is 11.2. The highest BCUT2D eigenvalue weighted by Crippen LogP contribution is 2.07. The van der Waals surface area contributed by atoms with E-state index in [0.717, 1.165) is 18.4 Å². The Hall–Kier alpha value is -1.09. The van der Waals surface area contributed by atoms with E-state index >= 15 is 0 Å². The van der Waals surface area contributed by atoms with Crippen molar-refractivity contribution in [1.82, 2.24) is 0 Å². The highest BCUT2D eigenvalue weighted by molar-refractivity contribution is 5.87. The monoisotopic (exact) mass is 212 g/mol. The van der Waals surface area contributed by atoms with Crippen molar-refractivity contribution in [1.29, 1.82) is 0 Å². The average Bonchev–Trinajstić information content (AvgIpc) is 2.18. The third-order valence-corrected chi connectivity index (χ3v) is 2.03. The van der Waals surface area contributed by atoms with Crippen molar-refractivity contribution in [2.75, 3.05) is 13.2 Å². The minimum Gasteiger partial charge on any atom is -0.463 e. The van der Waals surface area contributed by atoms with E-state index in [0.29, 0.717) is 12.2 Å². The number of aliphatic hydroxyl groups excluding tert-OH is 1. The van der Waals surface area contributed by atoms with Gasteiger partial charge in [-0.1, -0.05) is 17.7 Å². The van der Waals surface area contributed by atoms with Crippen LogP contribution < -0.4 is 0 Å². The molecular formula is C12H20O3. The van der Waals surface area contributed by atoms with Gasteiger partial charge < -0.3 is 9.84 Å². The quantitative estimate of drug-likeness (QED) is 0.417. The molecule has 0 spiro atoms. The first-order valence-corrected chi connectivity index (χ1v) is 5.22. The van der Waals surface area contributed by atoms with E-state index in [-0.39, 0.29) is 12.6 Å². The van der Waals surface area contributed by atoms with Crippen LogP contribution in [0.2, 0.25) is 0 Å². The Kier molecular flexibility index (Phi) is 7.64. The SMILES string of the molecule is CCOC(=O)/C(C)=C/CC/C(C)=C/CO. The second-order valence-electron chi connectivity index (χ2n) is 3.38. The molecule has 0 aliphatic rings. The Morgan fingerprint density at radius 2 is 2.00 bits per heavy atom. The first kappa shape index (κ1) is 13.9. The molecule has 0 aromatic carbocycles. The van der Waals surface area contributed by atoms with Crippen LogP contribution in [-0.2, 0) is 9.53 Å². The predicted molar refractivity (Wildman–Crippen MR) is 60.5 cm³/mol. The zero-order valence-corrected chi connectivity index (χ0v) is 9.75. The van der Waals surface area contributed by atoms with Crippen molar-refractivity contribution in [3.8, 4) is 0 Å². The van der Waals surface area contributed by atoms with Crippen molar-refractivity contribution in [3.63, 3.8) is 0 Å². The first-order valence-electron chi connectivity index (χ1n) is 5.22. The number of esters is 1. The summed E-state index contributed by atoms with van der Waals surface area (Å²) in [6.07, 6.45) is 5.30. The van der Waals surface area contributed by atoms with E-state index in [1.165, 1.54) is 0 Å². The van der Waals surface area contributed by atoms with Gasteiger partial charge in [-0.05, 0) is 33.6 Å². The summed E-state index contributed by atoms with van der Waals surface area (Å²) in [5.74, 6) is -0.249. The van der Waals surface area contributed by atoms with Crippen LogP contribution in [0.1, 0.15) is 33.6 Å². The van der Waals surface area contributed by atoms with Gasteiger partial charge in [0, 0.05) is 5.57 Å². The second kappa shape index (κ2) is 8.24. The van der Waals surface area contributed by atoms with E-state index < -0.39 is 0 Å². The normalized spacial score (nSPS) is 12.8. The molecule has 0 aliphatic carbocycles. The Morgan fingerprint density at radius 3 is 2.53 bits per heavy atom. The fourth-order valence-corrected chi connectivity index (χ4v) is 1.10. The molecule has 0 saturated carbocycles. The molecule has 1 N–H and O–H groups in total. The van der Waals surface area contributed by atoms with E-state index in [1.54, 1.807) is 19.9 Å². The lowest BCUT2D eigenvalue weighted by Crippen LogP contribution is -2.04. The van der Waals surface area contributed by atoms with Gasteiger partial charge in [0.2, 0.25) is 0 Å². The lowest BCUT2D eigenvalue weighted by atomic mass is 10.1. The van der Waals surface area contributed by atoms with E-state index in [2.05, 4.69) is 0 Å². The summed E-state index contributed by atoms with van der Waals surface area (Å²) in [7, 11) is 0. The molecule has 0 atom stereocenters.